The van der Waals surface area contributed by atoms with Gasteiger partial charge in [0.2, 0.25) is 0 Å². The summed E-state index contributed by atoms with van der Waals surface area (Å²) in [5, 5.41) is 6.94. The molecule has 2 amide bonds. The average Bonchev–Trinajstić information content (AvgIpc) is 3.55. The van der Waals surface area contributed by atoms with Gasteiger partial charge in [-0.25, -0.2) is 9.67 Å². The lowest BCUT2D eigenvalue weighted by Crippen LogP contribution is -2.50. The first-order chi connectivity index (χ1) is 15.7. The molecule has 0 bridgehead atoms. The number of piperazine rings is 1. The highest BCUT2D eigenvalue weighted by Gasteiger charge is 2.27. The number of aromatic nitrogens is 4. The number of thiazole rings is 1. The monoisotopic (exact) mass is 444 g/mol. The normalized spacial score (nSPS) is 13.9. The summed E-state index contributed by atoms with van der Waals surface area (Å²) in [7, 11) is 0. The van der Waals surface area contributed by atoms with E-state index in [4.69, 9.17) is 0 Å². The molecule has 0 N–H and O–H groups in total. The zero-order valence-corrected chi connectivity index (χ0v) is 18.0. The van der Waals surface area contributed by atoms with Crippen molar-refractivity contribution in [1.29, 1.82) is 0 Å². The Balaban J connectivity index is 1.23. The van der Waals surface area contributed by atoms with E-state index in [-0.39, 0.29) is 11.8 Å². The van der Waals surface area contributed by atoms with Crippen molar-refractivity contribution in [2.24, 2.45) is 0 Å². The molecule has 0 spiro atoms. The standard InChI is InChI=1S/C23H20N6O2S/c30-22(17-5-4-8-24-13-17)27-9-11-28(12-10-27)23(31)20-16-32-21(26-20)18-14-25-29(15-18)19-6-2-1-3-7-19/h1-8,13-16H,9-12H2. The summed E-state index contributed by atoms with van der Waals surface area (Å²) in [4.78, 5) is 37.6. The SMILES string of the molecule is O=C(c1cccnc1)N1CCN(C(=O)c2csc(-c3cnn(-c4ccccc4)c3)n2)CC1. The lowest BCUT2D eigenvalue weighted by molar-refractivity contribution is 0.0532. The number of pyridine rings is 1. The van der Waals surface area contributed by atoms with Gasteiger partial charge in [0.1, 0.15) is 10.7 Å². The molecule has 0 atom stereocenters. The summed E-state index contributed by atoms with van der Waals surface area (Å²) in [5.74, 6) is -0.173. The van der Waals surface area contributed by atoms with Crippen LogP contribution in [-0.2, 0) is 0 Å². The highest BCUT2D eigenvalue weighted by Crippen LogP contribution is 2.25. The number of para-hydroxylation sites is 1. The average molecular weight is 445 g/mol. The van der Waals surface area contributed by atoms with Crippen molar-refractivity contribution in [2.45, 2.75) is 0 Å². The maximum absolute atomic E-state index is 13.0. The Kier molecular flexibility index (Phi) is 5.47. The summed E-state index contributed by atoms with van der Waals surface area (Å²) in [6.07, 6.45) is 6.87. The third-order valence-electron chi connectivity index (χ3n) is 5.34. The number of hydrogen-bond donors (Lipinski definition) is 0. The van der Waals surface area contributed by atoms with E-state index in [9.17, 15) is 9.59 Å². The highest BCUT2D eigenvalue weighted by molar-refractivity contribution is 7.13. The second-order valence-electron chi connectivity index (χ2n) is 7.37. The van der Waals surface area contributed by atoms with E-state index in [2.05, 4.69) is 15.1 Å². The molecule has 1 saturated heterocycles. The van der Waals surface area contributed by atoms with Gasteiger partial charge in [0, 0.05) is 55.7 Å². The molecule has 0 unspecified atom stereocenters. The summed E-state index contributed by atoms with van der Waals surface area (Å²) in [5.41, 5.74) is 2.81. The van der Waals surface area contributed by atoms with Gasteiger partial charge in [0.15, 0.2) is 0 Å². The van der Waals surface area contributed by atoms with Crippen LogP contribution in [0.15, 0.2) is 72.6 Å². The number of hydrogen-bond acceptors (Lipinski definition) is 6. The number of amides is 2. The fourth-order valence-electron chi connectivity index (χ4n) is 3.61. The highest BCUT2D eigenvalue weighted by atomic mass is 32.1. The Morgan fingerprint density at radius 3 is 2.34 bits per heavy atom. The topological polar surface area (TPSA) is 84.2 Å². The third kappa shape index (κ3) is 4.02. The predicted octanol–water partition coefficient (Wildman–Crippen LogP) is 2.99. The predicted molar refractivity (Wildman–Crippen MR) is 121 cm³/mol. The smallest absolute Gasteiger partial charge is 0.273 e. The van der Waals surface area contributed by atoms with Crippen molar-refractivity contribution in [3.8, 4) is 16.3 Å². The molecular formula is C23H20N6O2S. The van der Waals surface area contributed by atoms with E-state index in [1.807, 2.05) is 36.5 Å². The Morgan fingerprint density at radius 2 is 1.62 bits per heavy atom. The van der Waals surface area contributed by atoms with E-state index in [1.54, 1.807) is 50.6 Å². The first kappa shape index (κ1) is 20.1. The largest absolute Gasteiger partial charge is 0.335 e. The lowest BCUT2D eigenvalue weighted by Gasteiger charge is -2.34. The van der Waals surface area contributed by atoms with Crippen molar-refractivity contribution >= 4 is 23.2 Å². The molecule has 0 aliphatic carbocycles. The third-order valence-corrected chi connectivity index (χ3v) is 6.23. The van der Waals surface area contributed by atoms with E-state index in [1.165, 1.54) is 11.3 Å². The van der Waals surface area contributed by atoms with Gasteiger partial charge in [0.25, 0.3) is 11.8 Å². The maximum Gasteiger partial charge on any atom is 0.273 e. The van der Waals surface area contributed by atoms with Gasteiger partial charge >= 0.3 is 0 Å². The molecule has 9 heteroatoms. The zero-order chi connectivity index (χ0) is 21.9. The summed E-state index contributed by atoms with van der Waals surface area (Å²) >= 11 is 1.42. The number of carbonyl (C=O) groups is 2. The van der Waals surface area contributed by atoms with E-state index >= 15 is 0 Å². The second-order valence-corrected chi connectivity index (χ2v) is 8.23. The zero-order valence-electron chi connectivity index (χ0n) is 17.2. The molecule has 1 aliphatic rings. The fraction of sp³-hybridized carbons (Fsp3) is 0.174. The molecule has 3 aromatic heterocycles. The molecule has 32 heavy (non-hydrogen) atoms. The molecule has 5 rings (SSSR count). The van der Waals surface area contributed by atoms with Gasteiger partial charge in [-0.3, -0.25) is 14.6 Å². The van der Waals surface area contributed by atoms with Crippen LogP contribution in [0.1, 0.15) is 20.8 Å². The van der Waals surface area contributed by atoms with Crippen LogP contribution in [-0.4, -0.2) is 67.5 Å². The fourth-order valence-corrected chi connectivity index (χ4v) is 4.38. The van der Waals surface area contributed by atoms with Gasteiger partial charge in [0.05, 0.1) is 17.4 Å². The number of rotatable bonds is 4. The number of carbonyl (C=O) groups excluding carboxylic acids is 2. The second kappa shape index (κ2) is 8.72. The summed E-state index contributed by atoms with van der Waals surface area (Å²) in [6.45, 7) is 1.92. The van der Waals surface area contributed by atoms with Crippen LogP contribution in [0.2, 0.25) is 0 Å². The van der Waals surface area contributed by atoms with Crippen molar-refractivity contribution in [2.75, 3.05) is 26.2 Å². The molecule has 8 nitrogen and oxygen atoms in total. The van der Waals surface area contributed by atoms with Crippen LogP contribution < -0.4 is 0 Å². The maximum atomic E-state index is 13.0. The van der Waals surface area contributed by atoms with E-state index in [0.29, 0.717) is 37.4 Å². The van der Waals surface area contributed by atoms with Crippen LogP contribution >= 0.6 is 11.3 Å². The molecule has 1 aliphatic heterocycles. The summed E-state index contributed by atoms with van der Waals surface area (Å²) < 4.78 is 1.79. The minimum Gasteiger partial charge on any atom is -0.335 e. The Morgan fingerprint density at radius 1 is 0.875 bits per heavy atom. The van der Waals surface area contributed by atoms with E-state index in [0.717, 1.165) is 16.3 Å². The molecule has 1 aromatic carbocycles. The molecule has 0 radical (unpaired) electrons. The lowest BCUT2D eigenvalue weighted by atomic mass is 10.2. The number of benzene rings is 1. The van der Waals surface area contributed by atoms with Gasteiger partial charge in [-0.2, -0.15) is 5.10 Å². The molecule has 4 heterocycles. The Hall–Kier alpha value is -3.85. The van der Waals surface area contributed by atoms with Crippen LogP contribution in [0.4, 0.5) is 0 Å². The van der Waals surface area contributed by atoms with Crippen molar-refractivity contribution < 1.29 is 9.59 Å². The van der Waals surface area contributed by atoms with Gasteiger partial charge in [-0.15, -0.1) is 11.3 Å². The quantitative estimate of drug-likeness (QED) is 0.483. The molecule has 160 valence electrons. The van der Waals surface area contributed by atoms with Gasteiger partial charge in [-0.1, -0.05) is 18.2 Å². The van der Waals surface area contributed by atoms with Crippen LogP contribution in [0.3, 0.4) is 0 Å². The minimum atomic E-state index is -0.114. The first-order valence-electron chi connectivity index (χ1n) is 10.2. The van der Waals surface area contributed by atoms with Crippen molar-refractivity contribution in [1.82, 2.24) is 29.5 Å². The van der Waals surface area contributed by atoms with Crippen molar-refractivity contribution in [3.63, 3.8) is 0 Å². The Labute approximate surface area is 188 Å². The Bertz CT molecular complexity index is 1230. The van der Waals surface area contributed by atoms with Crippen molar-refractivity contribution in [3.05, 3.63) is 83.9 Å². The van der Waals surface area contributed by atoms with Gasteiger partial charge in [-0.05, 0) is 24.3 Å². The number of nitrogens with zero attached hydrogens (tertiary/aromatic N) is 6. The minimum absolute atomic E-state index is 0.0587. The van der Waals surface area contributed by atoms with E-state index < -0.39 is 0 Å². The van der Waals surface area contributed by atoms with Crippen LogP contribution in [0.5, 0.6) is 0 Å². The van der Waals surface area contributed by atoms with Crippen LogP contribution in [0.25, 0.3) is 16.3 Å². The molecular weight excluding hydrogens is 424 g/mol. The first-order valence-corrected chi connectivity index (χ1v) is 11.1. The molecule has 1 fully saturated rings. The molecule has 4 aromatic rings. The van der Waals surface area contributed by atoms with Gasteiger partial charge < -0.3 is 9.80 Å². The molecule has 0 saturated carbocycles. The van der Waals surface area contributed by atoms with Crippen LogP contribution in [0, 0.1) is 0 Å². The summed E-state index contributed by atoms with van der Waals surface area (Å²) in [6, 6.07) is 13.3.